The van der Waals surface area contributed by atoms with Crippen molar-refractivity contribution in [2.45, 2.75) is 52.7 Å². The van der Waals surface area contributed by atoms with Crippen molar-refractivity contribution in [2.24, 2.45) is 12.8 Å². The smallest absolute Gasteiger partial charge is 0.259 e. The first kappa shape index (κ1) is 31.0. The third kappa shape index (κ3) is 6.30. The highest BCUT2D eigenvalue weighted by Crippen LogP contribution is 2.38. The summed E-state index contributed by atoms with van der Waals surface area (Å²) < 4.78 is 16.1. The third-order valence-electron chi connectivity index (χ3n) is 6.88. The van der Waals surface area contributed by atoms with Crippen molar-refractivity contribution in [2.75, 3.05) is 17.3 Å². The van der Waals surface area contributed by atoms with Crippen LogP contribution in [0.5, 0.6) is 0 Å². The number of nitrogens with one attached hydrogen (secondary N) is 1. The Kier molecular flexibility index (Phi) is 9.67. The number of hydrogen-bond donors (Lipinski definition) is 3. The molecule has 0 bridgehead atoms. The first-order valence-electron chi connectivity index (χ1n) is 13.3. The molecule has 218 valence electrons. The maximum absolute atomic E-state index is 14.9. The molecule has 2 aromatic carbocycles. The van der Waals surface area contributed by atoms with Gasteiger partial charge in [-0.25, -0.2) is 4.39 Å². The number of carbonyl (C=O) groups excluding carboxylic acids is 3. The molecule has 0 radical (unpaired) electrons. The summed E-state index contributed by atoms with van der Waals surface area (Å²) in [7, 11) is 3.09. The van der Waals surface area contributed by atoms with Crippen LogP contribution in [0.3, 0.4) is 0 Å². The van der Waals surface area contributed by atoms with E-state index in [0.717, 1.165) is 17.7 Å². The number of primary amides is 1. The molecule has 0 saturated heterocycles. The van der Waals surface area contributed by atoms with Crippen LogP contribution >= 0.6 is 0 Å². The maximum Gasteiger partial charge on any atom is 0.259 e. The summed E-state index contributed by atoms with van der Waals surface area (Å²) in [5.41, 5.74) is 5.81. The standard InChI is InChI=1S/C28H30FN5O5.C2H6/c1-15-8-11-21(20(29)12-15)31-26-22(28(39)32(3)18-9-10-18)23(16(2)27(38)33(26)4)34(14-35)19-7-5-6-17(13-19)24(36)25(30)37;1-2/h5-8,11-14,18,24,31,36H,9-10H2,1-4H3,(H2,30,37);1-2H3. The Morgan fingerprint density at radius 2 is 1.83 bits per heavy atom. The van der Waals surface area contributed by atoms with Gasteiger partial charge in [-0.2, -0.15) is 0 Å². The second-order valence-electron chi connectivity index (χ2n) is 9.69. The van der Waals surface area contributed by atoms with Gasteiger partial charge in [-0.15, -0.1) is 0 Å². The van der Waals surface area contributed by atoms with Gasteiger partial charge >= 0.3 is 0 Å². The Hall–Kier alpha value is -4.51. The summed E-state index contributed by atoms with van der Waals surface area (Å²) >= 11 is 0. The van der Waals surface area contributed by atoms with E-state index in [2.05, 4.69) is 5.32 Å². The predicted molar refractivity (Wildman–Crippen MR) is 156 cm³/mol. The fourth-order valence-electron chi connectivity index (χ4n) is 4.48. The van der Waals surface area contributed by atoms with Crippen LogP contribution in [0.15, 0.2) is 47.3 Å². The van der Waals surface area contributed by atoms with Crippen LogP contribution in [-0.2, 0) is 16.6 Å². The second kappa shape index (κ2) is 12.8. The first-order chi connectivity index (χ1) is 19.5. The van der Waals surface area contributed by atoms with Crippen LogP contribution in [0.25, 0.3) is 0 Å². The highest BCUT2D eigenvalue weighted by molar-refractivity contribution is 6.09. The largest absolute Gasteiger partial charge is 0.378 e. The number of hydrogen-bond acceptors (Lipinski definition) is 6. The molecule has 10 nitrogen and oxygen atoms in total. The number of anilines is 4. The molecule has 1 atom stereocenters. The van der Waals surface area contributed by atoms with E-state index in [-0.39, 0.29) is 45.6 Å². The molecule has 4 rings (SSSR count). The second-order valence-corrected chi connectivity index (χ2v) is 9.69. The third-order valence-corrected chi connectivity index (χ3v) is 6.88. The Bertz CT molecular complexity index is 1530. The number of rotatable bonds is 9. The van der Waals surface area contributed by atoms with E-state index >= 15 is 0 Å². The zero-order chi connectivity index (χ0) is 30.6. The van der Waals surface area contributed by atoms with Gasteiger partial charge in [0.05, 0.1) is 11.4 Å². The molecule has 1 heterocycles. The number of nitrogens with two attached hydrogens (primary N) is 1. The van der Waals surface area contributed by atoms with E-state index in [9.17, 15) is 28.7 Å². The summed E-state index contributed by atoms with van der Waals surface area (Å²) in [6.45, 7) is 7.22. The van der Waals surface area contributed by atoms with Crippen molar-refractivity contribution in [3.8, 4) is 0 Å². The molecule has 0 spiro atoms. The topological polar surface area (TPSA) is 138 Å². The summed E-state index contributed by atoms with van der Waals surface area (Å²) in [6, 6.07) is 10.3. The van der Waals surface area contributed by atoms with E-state index in [1.165, 1.54) is 59.8 Å². The van der Waals surface area contributed by atoms with E-state index < -0.39 is 29.3 Å². The number of benzene rings is 2. The molecule has 1 aliphatic rings. The number of nitrogens with zero attached hydrogens (tertiary/aromatic N) is 3. The number of halogens is 1. The molecule has 1 fully saturated rings. The number of pyridine rings is 1. The van der Waals surface area contributed by atoms with Crippen LogP contribution in [0.2, 0.25) is 0 Å². The lowest BCUT2D eigenvalue weighted by atomic mass is 10.0. The number of aliphatic hydroxyl groups excluding tert-OH is 1. The summed E-state index contributed by atoms with van der Waals surface area (Å²) in [5.74, 6) is -2.04. The van der Waals surface area contributed by atoms with Gasteiger partial charge in [-0.3, -0.25) is 28.6 Å². The molecule has 1 aromatic heterocycles. The number of aromatic nitrogens is 1. The molecular formula is C30H36FN5O5. The van der Waals surface area contributed by atoms with E-state index in [4.69, 9.17) is 5.73 Å². The van der Waals surface area contributed by atoms with Crippen molar-refractivity contribution >= 4 is 41.1 Å². The Morgan fingerprint density at radius 1 is 1.17 bits per heavy atom. The minimum Gasteiger partial charge on any atom is -0.378 e. The predicted octanol–water partition coefficient (Wildman–Crippen LogP) is 3.96. The van der Waals surface area contributed by atoms with Crippen LogP contribution in [-0.4, -0.2) is 45.9 Å². The average molecular weight is 566 g/mol. The normalized spacial score (nSPS) is 13.0. The van der Waals surface area contributed by atoms with Crippen molar-refractivity contribution < 1.29 is 23.9 Å². The molecule has 3 amide bonds. The molecule has 0 aliphatic heterocycles. The van der Waals surface area contributed by atoms with Crippen LogP contribution in [0.1, 0.15) is 59.8 Å². The van der Waals surface area contributed by atoms with Crippen LogP contribution in [0, 0.1) is 19.7 Å². The van der Waals surface area contributed by atoms with Gasteiger partial charge in [-0.1, -0.05) is 32.0 Å². The molecule has 1 saturated carbocycles. The molecule has 3 aromatic rings. The number of carbonyl (C=O) groups is 3. The first-order valence-corrected chi connectivity index (χ1v) is 13.3. The van der Waals surface area contributed by atoms with Crippen LogP contribution < -0.4 is 21.5 Å². The Labute approximate surface area is 238 Å². The van der Waals surface area contributed by atoms with E-state index in [0.29, 0.717) is 12.0 Å². The minimum absolute atomic E-state index is 0.000952. The zero-order valence-electron chi connectivity index (χ0n) is 24.1. The lowest BCUT2D eigenvalue weighted by molar-refractivity contribution is -0.126. The van der Waals surface area contributed by atoms with Crippen molar-refractivity contribution in [1.29, 1.82) is 0 Å². The van der Waals surface area contributed by atoms with Crippen LogP contribution in [0.4, 0.5) is 27.3 Å². The molecule has 11 heteroatoms. The molecule has 1 aliphatic carbocycles. The maximum atomic E-state index is 14.9. The fraction of sp³-hybridized carbons (Fsp3) is 0.333. The van der Waals surface area contributed by atoms with Crippen molar-refractivity contribution in [3.05, 3.63) is 80.9 Å². The average Bonchev–Trinajstić information content (AvgIpc) is 3.81. The van der Waals surface area contributed by atoms with Gasteiger partial charge in [0.2, 0.25) is 6.41 Å². The quantitative estimate of drug-likeness (QED) is 0.336. The summed E-state index contributed by atoms with van der Waals surface area (Å²) in [6.07, 6.45) is 0.415. The monoisotopic (exact) mass is 565 g/mol. The number of aryl methyl sites for hydroxylation is 1. The van der Waals surface area contributed by atoms with Crippen molar-refractivity contribution in [1.82, 2.24) is 9.47 Å². The number of amides is 3. The molecule has 4 N–H and O–H groups in total. The van der Waals surface area contributed by atoms with Gasteiger partial charge in [0.1, 0.15) is 17.2 Å². The highest BCUT2D eigenvalue weighted by Gasteiger charge is 2.36. The lowest BCUT2D eigenvalue weighted by Gasteiger charge is -2.29. The van der Waals surface area contributed by atoms with Gasteiger partial charge < -0.3 is 21.1 Å². The lowest BCUT2D eigenvalue weighted by Crippen LogP contribution is -2.35. The fourth-order valence-corrected chi connectivity index (χ4v) is 4.48. The summed E-state index contributed by atoms with van der Waals surface area (Å²) in [4.78, 5) is 54.1. The molecule has 1 unspecified atom stereocenters. The van der Waals surface area contributed by atoms with E-state index in [1.807, 2.05) is 13.8 Å². The van der Waals surface area contributed by atoms with Gasteiger partial charge in [0.25, 0.3) is 17.4 Å². The van der Waals surface area contributed by atoms with Crippen molar-refractivity contribution in [3.63, 3.8) is 0 Å². The van der Waals surface area contributed by atoms with E-state index in [1.54, 1.807) is 20.0 Å². The Morgan fingerprint density at radius 3 is 2.39 bits per heavy atom. The minimum atomic E-state index is -1.63. The zero-order valence-corrected chi connectivity index (χ0v) is 24.1. The van der Waals surface area contributed by atoms with Gasteiger partial charge in [-0.05, 0) is 62.1 Å². The summed E-state index contributed by atoms with van der Waals surface area (Å²) in [5, 5.41) is 13.1. The highest BCUT2D eigenvalue weighted by atomic mass is 19.1. The van der Waals surface area contributed by atoms with Gasteiger partial charge in [0, 0.05) is 31.4 Å². The van der Waals surface area contributed by atoms with Gasteiger partial charge in [0.15, 0.2) is 6.10 Å². The molecule has 41 heavy (non-hydrogen) atoms. The number of aliphatic hydroxyl groups is 1. The molecular weight excluding hydrogens is 529 g/mol. The SMILES string of the molecule is CC.Cc1ccc(Nc2c(C(=O)N(C)C3CC3)c(N(C=O)c3cccc(C(O)C(N)=O)c3)c(C)c(=O)n2C)c(F)c1. The Balaban J connectivity index is 0.00000226.